The SMILES string of the molecule is O=C(Nc1cc(Br)cnc1Cl)c1ccc(C(F)(F)F)cc1. The van der Waals surface area contributed by atoms with Crippen LogP contribution >= 0.6 is 27.5 Å². The Kier molecular flexibility index (Phi) is 4.53. The lowest BCUT2D eigenvalue weighted by Gasteiger charge is -2.09. The molecule has 0 unspecified atom stereocenters. The molecule has 1 amide bonds. The van der Waals surface area contributed by atoms with Crippen LogP contribution in [0, 0.1) is 0 Å². The number of benzene rings is 1. The largest absolute Gasteiger partial charge is 0.416 e. The highest BCUT2D eigenvalue weighted by molar-refractivity contribution is 9.10. The van der Waals surface area contributed by atoms with Gasteiger partial charge in [0.15, 0.2) is 5.15 Å². The van der Waals surface area contributed by atoms with E-state index in [4.69, 9.17) is 11.6 Å². The molecule has 1 aromatic heterocycles. The van der Waals surface area contributed by atoms with E-state index in [1.54, 1.807) is 0 Å². The summed E-state index contributed by atoms with van der Waals surface area (Å²) in [6, 6.07) is 5.41. The Morgan fingerprint density at radius 1 is 1.24 bits per heavy atom. The Morgan fingerprint density at radius 2 is 1.86 bits per heavy atom. The van der Waals surface area contributed by atoms with Crippen LogP contribution in [0.4, 0.5) is 18.9 Å². The molecule has 21 heavy (non-hydrogen) atoms. The molecule has 8 heteroatoms. The van der Waals surface area contributed by atoms with Gasteiger partial charge in [-0.3, -0.25) is 4.79 Å². The van der Waals surface area contributed by atoms with Crippen molar-refractivity contribution < 1.29 is 18.0 Å². The van der Waals surface area contributed by atoms with Crippen molar-refractivity contribution in [3.05, 3.63) is 57.3 Å². The molecule has 0 saturated heterocycles. The van der Waals surface area contributed by atoms with Crippen LogP contribution in [0.25, 0.3) is 0 Å². The second-order valence-electron chi connectivity index (χ2n) is 4.02. The standard InChI is InChI=1S/C13H7BrClF3N2O/c14-9-5-10(11(15)19-6-9)20-12(21)7-1-3-8(4-2-7)13(16,17)18/h1-6H,(H,20,21). The molecule has 0 fully saturated rings. The molecule has 0 aliphatic rings. The fraction of sp³-hybridized carbons (Fsp3) is 0.0769. The first kappa shape index (κ1) is 15.8. The van der Waals surface area contributed by atoms with E-state index in [1.807, 2.05) is 0 Å². The number of amides is 1. The topological polar surface area (TPSA) is 42.0 Å². The lowest BCUT2D eigenvalue weighted by molar-refractivity contribution is -0.137. The predicted molar refractivity (Wildman–Crippen MR) is 76.3 cm³/mol. The van der Waals surface area contributed by atoms with Gasteiger partial charge in [-0.25, -0.2) is 4.98 Å². The Bertz CT molecular complexity index is 674. The van der Waals surface area contributed by atoms with E-state index in [0.717, 1.165) is 24.3 Å². The van der Waals surface area contributed by atoms with Crippen LogP contribution in [0.1, 0.15) is 15.9 Å². The van der Waals surface area contributed by atoms with Crippen LogP contribution in [-0.2, 0) is 6.18 Å². The summed E-state index contributed by atoms with van der Waals surface area (Å²) in [7, 11) is 0. The van der Waals surface area contributed by atoms with Gasteiger partial charge in [0.2, 0.25) is 0 Å². The molecule has 1 N–H and O–H groups in total. The Hall–Kier alpha value is -1.60. The lowest BCUT2D eigenvalue weighted by Crippen LogP contribution is -2.13. The van der Waals surface area contributed by atoms with Crippen LogP contribution in [-0.4, -0.2) is 10.9 Å². The van der Waals surface area contributed by atoms with Gasteiger partial charge in [0, 0.05) is 16.2 Å². The molecular weight excluding hydrogens is 373 g/mol. The van der Waals surface area contributed by atoms with Crippen LogP contribution < -0.4 is 5.32 Å². The molecule has 0 spiro atoms. The van der Waals surface area contributed by atoms with Crippen molar-refractivity contribution in [1.29, 1.82) is 0 Å². The molecule has 3 nitrogen and oxygen atoms in total. The smallest absolute Gasteiger partial charge is 0.319 e. The maximum Gasteiger partial charge on any atom is 0.416 e. The number of anilines is 1. The maximum atomic E-state index is 12.4. The summed E-state index contributed by atoms with van der Waals surface area (Å²) < 4.78 is 37.9. The van der Waals surface area contributed by atoms with E-state index >= 15 is 0 Å². The van der Waals surface area contributed by atoms with E-state index in [1.165, 1.54) is 12.3 Å². The first-order valence-corrected chi connectivity index (χ1v) is 6.74. The molecule has 0 atom stereocenters. The van der Waals surface area contributed by atoms with Gasteiger partial charge in [0.1, 0.15) is 0 Å². The summed E-state index contributed by atoms with van der Waals surface area (Å²) in [5.41, 5.74) is -0.476. The second-order valence-corrected chi connectivity index (χ2v) is 5.29. The number of nitrogens with one attached hydrogen (secondary N) is 1. The van der Waals surface area contributed by atoms with Gasteiger partial charge in [-0.2, -0.15) is 13.2 Å². The fourth-order valence-corrected chi connectivity index (χ4v) is 2.00. The summed E-state index contributed by atoms with van der Waals surface area (Å²) >= 11 is 8.99. The summed E-state index contributed by atoms with van der Waals surface area (Å²) in [4.78, 5) is 15.8. The predicted octanol–water partition coefficient (Wildman–Crippen LogP) is 4.77. The minimum atomic E-state index is -4.44. The molecular formula is C13H7BrClF3N2O. The average Bonchev–Trinajstić information content (AvgIpc) is 2.42. The van der Waals surface area contributed by atoms with Crippen LogP contribution in [0.2, 0.25) is 5.15 Å². The zero-order valence-corrected chi connectivity index (χ0v) is 12.6. The van der Waals surface area contributed by atoms with Crippen molar-refractivity contribution in [2.24, 2.45) is 0 Å². The fourth-order valence-electron chi connectivity index (χ4n) is 1.52. The van der Waals surface area contributed by atoms with Crippen molar-refractivity contribution >= 4 is 39.1 Å². The van der Waals surface area contributed by atoms with Crippen LogP contribution in [0.5, 0.6) is 0 Å². The van der Waals surface area contributed by atoms with E-state index in [-0.39, 0.29) is 16.4 Å². The molecule has 0 bridgehead atoms. The highest BCUT2D eigenvalue weighted by atomic mass is 79.9. The Balaban J connectivity index is 2.19. The van der Waals surface area contributed by atoms with Crippen LogP contribution in [0.3, 0.4) is 0 Å². The molecule has 110 valence electrons. The molecule has 2 aromatic rings. The van der Waals surface area contributed by atoms with Crippen molar-refractivity contribution in [3.63, 3.8) is 0 Å². The van der Waals surface area contributed by atoms with Gasteiger partial charge in [0.05, 0.1) is 11.3 Å². The van der Waals surface area contributed by atoms with Gasteiger partial charge < -0.3 is 5.32 Å². The van der Waals surface area contributed by atoms with Crippen LogP contribution in [0.15, 0.2) is 41.0 Å². The Labute approximate surface area is 131 Å². The zero-order chi connectivity index (χ0) is 15.6. The molecule has 0 radical (unpaired) electrons. The second kappa shape index (κ2) is 6.03. The van der Waals surface area contributed by atoms with E-state index in [0.29, 0.717) is 4.47 Å². The lowest BCUT2D eigenvalue weighted by atomic mass is 10.1. The number of aromatic nitrogens is 1. The van der Waals surface area contributed by atoms with Crippen molar-refractivity contribution in [2.75, 3.05) is 5.32 Å². The number of rotatable bonds is 2. The third-order valence-corrected chi connectivity index (χ3v) is 3.26. The summed E-state index contributed by atoms with van der Waals surface area (Å²) in [5, 5.41) is 2.56. The maximum absolute atomic E-state index is 12.4. The minimum Gasteiger partial charge on any atom is -0.319 e. The average molecular weight is 380 g/mol. The van der Waals surface area contributed by atoms with E-state index in [2.05, 4.69) is 26.2 Å². The highest BCUT2D eigenvalue weighted by Gasteiger charge is 2.30. The first-order chi connectivity index (χ1) is 9.77. The van der Waals surface area contributed by atoms with Crippen molar-refractivity contribution in [1.82, 2.24) is 4.98 Å². The quantitative estimate of drug-likeness (QED) is 0.764. The number of nitrogens with zero attached hydrogens (tertiary/aromatic N) is 1. The van der Waals surface area contributed by atoms with Gasteiger partial charge in [0.25, 0.3) is 5.91 Å². The first-order valence-electron chi connectivity index (χ1n) is 5.57. The van der Waals surface area contributed by atoms with Crippen molar-refractivity contribution in [3.8, 4) is 0 Å². The summed E-state index contributed by atoms with van der Waals surface area (Å²) in [6.45, 7) is 0. The van der Waals surface area contributed by atoms with Gasteiger partial charge in [-0.1, -0.05) is 11.6 Å². The number of carbonyl (C=O) groups excluding carboxylic acids is 1. The minimum absolute atomic E-state index is 0.0819. The molecule has 1 heterocycles. The molecule has 1 aromatic carbocycles. The third kappa shape index (κ3) is 3.95. The van der Waals surface area contributed by atoms with Gasteiger partial charge in [-0.15, -0.1) is 0 Å². The molecule has 0 saturated carbocycles. The van der Waals surface area contributed by atoms with Gasteiger partial charge >= 0.3 is 6.18 Å². The number of pyridine rings is 1. The van der Waals surface area contributed by atoms with Gasteiger partial charge in [-0.05, 0) is 46.3 Å². The number of halogens is 5. The monoisotopic (exact) mass is 378 g/mol. The number of carbonyl (C=O) groups is 1. The molecule has 0 aliphatic heterocycles. The molecule has 2 rings (SSSR count). The third-order valence-electron chi connectivity index (χ3n) is 2.53. The van der Waals surface area contributed by atoms with E-state index < -0.39 is 17.6 Å². The number of alkyl halides is 3. The summed E-state index contributed by atoms with van der Waals surface area (Å²) in [5.74, 6) is -0.578. The number of hydrogen-bond donors (Lipinski definition) is 1. The number of hydrogen-bond acceptors (Lipinski definition) is 2. The molecule has 0 aliphatic carbocycles. The normalized spacial score (nSPS) is 11.3. The highest BCUT2D eigenvalue weighted by Crippen LogP contribution is 2.29. The Morgan fingerprint density at radius 3 is 2.43 bits per heavy atom. The zero-order valence-electron chi connectivity index (χ0n) is 10.2. The van der Waals surface area contributed by atoms with E-state index in [9.17, 15) is 18.0 Å². The van der Waals surface area contributed by atoms with Crippen molar-refractivity contribution in [2.45, 2.75) is 6.18 Å². The summed E-state index contributed by atoms with van der Waals surface area (Å²) in [6.07, 6.45) is -2.98.